The molecule has 1 fully saturated rings. The second-order valence-corrected chi connectivity index (χ2v) is 9.48. The third-order valence-electron chi connectivity index (χ3n) is 5.90. The second-order valence-electron chi connectivity index (χ2n) is 8.63. The predicted octanol–water partition coefficient (Wildman–Crippen LogP) is 3.78. The number of aliphatic imine (C=N–C) groups is 1. The summed E-state index contributed by atoms with van der Waals surface area (Å²) in [7, 11) is 0. The van der Waals surface area contributed by atoms with Gasteiger partial charge in [-0.1, -0.05) is 12.1 Å². The number of likely N-dealkylation sites (tertiary alicyclic amines) is 1. The van der Waals surface area contributed by atoms with E-state index in [1.54, 1.807) is 36.7 Å². The van der Waals surface area contributed by atoms with Gasteiger partial charge in [0.2, 0.25) is 5.91 Å². The van der Waals surface area contributed by atoms with Crippen molar-refractivity contribution in [1.82, 2.24) is 20.5 Å². The predicted molar refractivity (Wildman–Crippen MR) is 144 cm³/mol. The minimum atomic E-state index is -0.179. The van der Waals surface area contributed by atoms with Crippen LogP contribution in [0.2, 0.25) is 0 Å². The van der Waals surface area contributed by atoms with Crippen LogP contribution < -0.4 is 16.0 Å². The van der Waals surface area contributed by atoms with E-state index in [1.807, 2.05) is 23.1 Å². The number of aromatic nitrogens is 1. The van der Waals surface area contributed by atoms with Gasteiger partial charge in [-0.3, -0.25) is 14.6 Å². The highest BCUT2D eigenvalue weighted by Crippen LogP contribution is 2.25. The summed E-state index contributed by atoms with van der Waals surface area (Å²) in [5.41, 5.74) is 3.02. The Balaban J connectivity index is 1.52. The van der Waals surface area contributed by atoms with Gasteiger partial charge in [0, 0.05) is 68.4 Å². The molecule has 1 aromatic carbocycles. The van der Waals surface area contributed by atoms with E-state index in [0.29, 0.717) is 41.2 Å². The molecule has 9 nitrogen and oxygen atoms in total. The van der Waals surface area contributed by atoms with Gasteiger partial charge in [-0.05, 0) is 58.6 Å². The molecule has 3 heterocycles. The molecule has 0 spiro atoms. The number of hydrogen-bond donors (Lipinski definition) is 4. The van der Waals surface area contributed by atoms with Crippen LogP contribution in [0.15, 0.2) is 76.0 Å². The molecule has 2 aliphatic rings. The quantitative estimate of drug-likeness (QED) is 0.391. The largest absolute Gasteiger partial charge is 0.367 e. The number of anilines is 1. The first-order valence-electron chi connectivity index (χ1n) is 11.7. The van der Waals surface area contributed by atoms with Gasteiger partial charge in [0.25, 0.3) is 5.91 Å². The zero-order valence-corrected chi connectivity index (χ0v) is 21.5. The van der Waals surface area contributed by atoms with Crippen molar-refractivity contribution in [3.8, 4) is 0 Å². The van der Waals surface area contributed by atoms with Gasteiger partial charge in [0.15, 0.2) is 0 Å². The summed E-state index contributed by atoms with van der Waals surface area (Å²) in [5, 5.41) is 17.0. The summed E-state index contributed by atoms with van der Waals surface area (Å²) in [6, 6.07) is 10.9. The molecule has 4 rings (SSSR count). The molecule has 0 saturated carbocycles. The van der Waals surface area contributed by atoms with E-state index in [-0.39, 0.29) is 17.7 Å². The van der Waals surface area contributed by atoms with Gasteiger partial charge in [-0.15, -0.1) is 0 Å². The zero-order chi connectivity index (χ0) is 25.5. The second kappa shape index (κ2) is 11.8. The molecular weight excluding hydrogens is 522 g/mol. The Bertz CT molecular complexity index is 1240. The fourth-order valence-electron chi connectivity index (χ4n) is 4.21. The first-order chi connectivity index (χ1) is 17.4. The van der Waals surface area contributed by atoms with Gasteiger partial charge >= 0.3 is 0 Å². The summed E-state index contributed by atoms with van der Waals surface area (Å²) in [6.45, 7) is 3.21. The Morgan fingerprint density at radius 2 is 2.17 bits per heavy atom. The first kappa shape index (κ1) is 25.3. The smallest absolute Gasteiger partial charge is 0.253 e. The molecular formula is C26H28BrN7O2. The Kier molecular flexibility index (Phi) is 8.27. The van der Waals surface area contributed by atoms with Crippen LogP contribution in [0.25, 0.3) is 0 Å². The van der Waals surface area contributed by atoms with Gasteiger partial charge < -0.3 is 26.3 Å². The van der Waals surface area contributed by atoms with Gasteiger partial charge in [0.1, 0.15) is 11.6 Å². The van der Waals surface area contributed by atoms with Crippen molar-refractivity contribution in [1.29, 1.82) is 5.41 Å². The van der Waals surface area contributed by atoms with Gasteiger partial charge in [-0.2, -0.15) is 0 Å². The number of hydrogen-bond acceptors (Lipinski definition) is 7. The van der Waals surface area contributed by atoms with Gasteiger partial charge in [-0.25, -0.2) is 4.99 Å². The van der Waals surface area contributed by atoms with E-state index in [9.17, 15) is 9.59 Å². The minimum Gasteiger partial charge on any atom is -0.367 e. The van der Waals surface area contributed by atoms with Crippen LogP contribution >= 0.6 is 15.9 Å². The topological polar surface area (TPSA) is 123 Å². The van der Waals surface area contributed by atoms with E-state index in [1.165, 1.54) is 13.1 Å². The number of carbonyl (C=O) groups excluding carboxylic acids is 2. The SMILES string of the molecule is CC(=O)Nc1cccc(C(=O)N2CCCC(C3=N/C(=C(\Br)C=N)NC(NCc4cccnc4)=C3)C2)c1. The summed E-state index contributed by atoms with van der Waals surface area (Å²) >= 11 is 3.41. The number of nitrogens with one attached hydrogen (secondary N) is 4. The monoisotopic (exact) mass is 549 g/mol. The molecule has 1 saturated heterocycles. The molecule has 2 aliphatic heterocycles. The number of pyridine rings is 1. The van der Waals surface area contributed by atoms with Crippen molar-refractivity contribution >= 4 is 45.4 Å². The molecule has 0 bridgehead atoms. The maximum absolute atomic E-state index is 13.3. The van der Waals surface area contributed by atoms with E-state index in [2.05, 4.69) is 36.9 Å². The molecule has 10 heteroatoms. The van der Waals surface area contributed by atoms with Crippen molar-refractivity contribution in [2.45, 2.75) is 26.3 Å². The number of carbonyl (C=O) groups is 2. The molecule has 1 aromatic heterocycles. The number of amides is 2. The lowest BCUT2D eigenvalue weighted by Gasteiger charge is -2.34. The Morgan fingerprint density at radius 3 is 2.92 bits per heavy atom. The highest BCUT2D eigenvalue weighted by molar-refractivity contribution is 9.12. The third-order valence-corrected chi connectivity index (χ3v) is 6.51. The minimum absolute atomic E-state index is 0.0413. The van der Waals surface area contributed by atoms with Crippen molar-refractivity contribution in [3.05, 3.63) is 82.1 Å². The lowest BCUT2D eigenvalue weighted by atomic mass is 9.91. The fourth-order valence-corrected chi connectivity index (χ4v) is 4.39. The molecule has 2 aromatic rings. The van der Waals surface area contributed by atoms with E-state index >= 15 is 0 Å². The third kappa shape index (κ3) is 6.45. The average Bonchev–Trinajstić information content (AvgIpc) is 2.91. The normalized spacial score (nSPS) is 18.8. The van der Waals surface area contributed by atoms with Gasteiger partial charge in [0.05, 0.1) is 10.2 Å². The highest BCUT2D eigenvalue weighted by atomic mass is 79.9. The first-order valence-corrected chi connectivity index (χ1v) is 12.5. The van der Waals surface area contributed by atoms with Crippen LogP contribution in [-0.4, -0.2) is 46.7 Å². The standard InChI is InChI=1S/C26H28BrN7O2/c1-17(35)31-21-8-2-6-19(11-21)26(36)34-10-4-7-20(16-34)23-12-24(33-25(32-23)22(27)13-28)30-15-18-5-3-9-29-14-18/h2-3,5-6,8-9,11-14,20,28,30,33H,4,7,10,15-16H2,1H3,(H,31,35)/b25-22+,28-13?. The molecule has 1 atom stereocenters. The number of benzene rings is 1. The Labute approximate surface area is 218 Å². The Morgan fingerprint density at radius 1 is 1.31 bits per heavy atom. The maximum atomic E-state index is 13.3. The van der Waals surface area contributed by atoms with E-state index in [4.69, 9.17) is 10.4 Å². The molecule has 1 unspecified atom stereocenters. The summed E-state index contributed by atoms with van der Waals surface area (Å²) < 4.78 is 0.535. The Hall–Kier alpha value is -3.79. The molecule has 36 heavy (non-hydrogen) atoms. The number of rotatable bonds is 7. The zero-order valence-electron chi connectivity index (χ0n) is 19.9. The average molecular weight is 550 g/mol. The molecule has 0 aliphatic carbocycles. The number of nitrogens with zero attached hydrogens (tertiary/aromatic N) is 3. The van der Waals surface area contributed by atoms with Crippen molar-refractivity contribution in [2.75, 3.05) is 18.4 Å². The highest BCUT2D eigenvalue weighted by Gasteiger charge is 2.29. The van der Waals surface area contributed by atoms with Crippen molar-refractivity contribution in [3.63, 3.8) is 0 Å². The van der Waals surface area contributed by atoms with E-state index in [0.717, 1.165) is 29.9 Å². The number of halogens is 1. The van der Waals surface area contributed by atoms with Crippen LogP contribution in [0.1, 0.15) is 35.7 Å². The lowest BCUT2D eigenvalue weighted by molar-refractivity contribution is -0.114. The van der Waals surface area contributed by atoms with E-state index < -0.39 is 0 Å². The molecule has 2 amide bonds. The van der Waals surface area contributed by atoms with Crippen LogP contribution in [0.3, 0.4) is 0 Å². The molecule has 4 N–H and O–H groups in total. The molecule has 0 radical (unpaired) electrons. The number of allylic oxidation sites excluding steroid dienone is 2. The fraction of sp³-hybridized carbons (Fsp3) is 0.269. The van der Waals surface area contributed by atoms with Crippen molar-refractivity contribution < 1.29 is 9.59 Å². The summed E-state index contributed by atoms with van der Waals surface area (Å²) in [4.78, 5) is 35.5. The maximum Gasteiger partial charge on any atom is 0.253 e. The lowest BCUT2D eigenvalue weighted by Crippen LogP contribution is -2.43. The summed E-state index contributed by atoms with van der Waals surface area (Å²) in [5.74, 6) is 1.10. The van der Waals surface area contributed by atoms with Crippen LogP contribution in [0.4, 0.5) is 5.69 Å². The van der Waals surface area contributed by atoms with Crippen LogP contribution in [0.5, 0.6) is 0 Å². The van der Waals surface area contributed by atoms with Crippen LogP contribution in [0, 0.1) is 11.3 Å². The van der Waals surface area contributed by atoms with Crippen LogP contribution in [-0.2, 0) is 11.3 Å². The molecule has 186 valence electrons. The van der Waals surface area contributed by atoms with Crippen molar-refractivity contribution in [2.24, 2.45) is 10.9 Å². The summed E-state index contributed by atoms with van der Waals surface area (Å²) in [6.07, 6.45) is 8.47. The number of piperidine rings is 1.